The van der Waals surface area contributed by atoms with Gasteiger partial charge in [-0.05, 0) is 72.8 Å². The van der Waals surface area contributed by atoms with Gasteiger partial charge in [0.25, 0.3) is 0 Å². The van der Waals surface area contributed by atoms with Gasteiger partial charge in [0.05, 0.1) is 0 Å². The highest BCUT2D eigenvalue weighted by Crippen LogP contribution is 2.18. The van der Waals surface area contributed by atoms with Crippen LogP contribution in [0.2, 0.25) is 0 Å². The molecule has 0 bridgehead atoms. The lowest BCUT2D eigenvalue weighted by Gasteiger charge is -2.03. The van der Waals surface area contributed by atoms with Gasteiger partial charge in [0.1, 0.15) is 23.9 Å². The number of halogens is 2. The molecule has 3 rings (SSSR count). The van der Waals surface area contributed by atoms with Crippen molar-refractivity contribution in [1.29, 1.82) is 0 Å². The van der Waals surface area contributed by atoms with Crippen LogP contribution >= 0.6 is 31.9 Å². The molecular weight excluding hydrogens is 448 g/mol. The van der Waals surface area contributed by atoms with Gasteiger partial charge in [-0.25, -0.2) is 0 Å². The van der Waals surface area contributed by atoms with Gasteiger partial charge in [-0.1, -0.05) is 31.9 Å². The monoisotopic (exact) mass is 460 g/mol. The van der Waals surface area contributed by atoms with Crippen molar-refractivity contribution in [2.45, 2.75) is 6.61 Å². The van der Waals surface area contributed by atoms with Crippen LogP contribution in [0.4, 0.5) is 0 Å². The van der Waals surface area contributed by atoms with Crippen molar-refractivity contribution >= 4 is 43.7 Å². The Morgan fingerprint density at radius 2 is 1.56 bits per heavy atom. The van der Waals surface area contributed by atoms with Gasteiger partial charge in [-0.15, -0.1) is 0 Å². The summed E-state index contributed by atoms with van der Waals surface area (Å²) < 4.78 is 13.3. The van der Waals surface area contributed by atoms with E-state index in [1.807, 2.05) is 48.5 Å². The van der Waals surface area contributed by atoms with E-state index in [0.717, 1.165) is 14.7 Å². The SMILES string of the molecule is O=C(/C=C/c1ccc(COc2ccc(Br)cc2)o1)c1ccc(Br)cc1. The molecule has 0 amide bonds. The molecule has 3 aromatic rings. The van der Waals surface area contributed by atoms with Crippen molar-refractivity contribution in [3.05, 3.63) is 92.8 Å². The fourth-order valence-corrected chi connectivity index (χ4v) is 2.64. The van der Waals surface area contributed by atoms with Gasteiger partial charge in [0, 0.05) is 14.5 Å². The predicted molar refractivity (Wildman–Crippen MR) is 105 cm³/mol. The van der Waals surface area contributed by atoms with Gasteiger partial charge in [0.2, 0.25) is 0 Å². The third kappa shape index (κ3) is 5.18. The molecule has 2 aromatic carbocycles. The topological polar surface area (TPSA) is 39.4 Å². The third-order valence-corrected chi connectivity index (χ3v) is 4.46. The third-order valence-electron chi connectivity index (χ3n) is 3.40. The fraction of sp³-hybridized carbons (Fsp3) is 0.0500. The minimum atomic E-state index is -0.0726. The summed E-state index contributed by atoms with van der Waals surface area (Å²) in [6.45, 7) is 0.329. The van der Waals surface area contributed by atoms with Crippen molar-refractivity contribution in [2.75, 3.05) is 0 Å². The van der Waals surface area contributed by atoms with E-state index in [-0.39, 0.29) is 5.78 Å². The summed E-state index contributed by atoms with van der Waals surface area (Å²) in [7, 11) is 0. The van der Waals surface area contributed by atoms with Crippen LogP contribution in [0, 0.1) is 0 Å². The van der Waals surface area contributed by atoms with Crippen molar-refractivity contribution in [2.24, 2.45) is 0 Å². The van der Waals surface area contributed by atoms with Gasteiger partial charge in [0.15, 0.2) is 5.78 Å². The van der Waals surface area contributed by atoms with Crippen LogP contribution in [0.1, 0.15) is 21.9 Å². The van der Waals surface area contributed by atoms with Crippen LogP contribution < -0.4 is 4.74 Å². The molecule has 0 spiro atoms. The second kappa shape index (κ2) is 8.32. The number of allylic oxidation sites excluding steroid dienone is 1. The number of furan rings is 1. The van der Waals surface area contributed by atoms with Crippen LogP contribution in [0.3, 0.4) is 0 Å². The van der Waals surface area contributed by atoms with Gasteiger partial charge >= 0.3 is 0 Å². The highest BCUT2D eigenvalue weighted by atomic mass is 79.9. The summed E-state index contributed by atoms with van der Waals surface area (Å²) in [5.41, 5.74) is 0.629. The van der Waals surface area contributed by atoms with Crippen molar-refractivity contribution < 1.29 is 13.9 Å². The molecule has 0 aliphatic rings. The maximum atomic E-state index is 12.1. The minimum absolute atomic E-state index is 0.0726. The normalized spacial score (nSPS) is 11.0. The number of carbonyl (C=O) groups excluding carboxylic acids is 1. The molecule has 0 saturated carbocycles. The Labute approximate surface area is 162 Å². The Bertz CT molecular complexity index is 878. The highest BCUT2D eigenvalue weighted by Gasteiger charge is 2.04. The molecule has 0 atom stereocenters. The summed E-state index contributed by atoms with van der Waals surface area (Å²) in [4.78, 5) is 12.1. The van der Waals surface area contributed by atoms with Gasteiger partial charge in [-0.3, -0.25) is 4.79 Å². The molecule has 0 unspecified atom stereocenters. The number of rotatable bonds is 6. The van der Waals surface area contributed by atoms with E-state index in [4.69, 9.17) is 9.15 Å². The first-order valence-electron chi connectivity index (χ1n) is 7.55. The van der Waals surface area contributed by atoms with Crippen LogP contribution in [0.15, 0.2) is 80.1 Å². The Balaban J connectivity index is 1.58. The molecule has 0 aliphatic carbocycles. The van der Waals surface area contributed by atoms with Crippen LogP contribution in [0.5, 0.6) is 5.75 Å². The van der Waals surface area contributed by atoms with Crippen LogP contribution in [-0.2, 0) is 6.61 Å². The average Bonchev–Trinajstić information content (AvgIpc) is 3.08. The second-order valence-corrected chi connectivity index (χ2v) is 7.08. The summed E-state index contributed by atoms with van der Waals surface area (Å²) >= 11 is 6.73. The average molecular weight is 462 g/mol. The van der Waals surface area contributed by atoms with Crippen molar-refractivity contribution in [3.63, 3.8) is 0 Å². The number of hydrogen-bond donors (Lipinski definition) is 0. The zero-order chi connectivity index (χ0) is 17.6. The molecular formula is C20H14Br2O3. The van der Waals surface area contributed by atoms with E-state index in [2.05, 4.69) is 31.9 Å². The molecule has 5 heteroatoms. The molecule has 1 heterocycles. The van der Waals surface area contributed by atoms with Crippen LogP contribution in [0.25, 0.3) is 6.08 Å². The molecule has 25 heavy (non-hydrogen) atoms. The maximum absolute atomic E-state index is 12.1. The Morgan fingerprint density at radius 1 is 0.920 bits per heavy atom. The highest BCUT2D eigenvalue weighted by molar-refractivity contribution is 9.10. The van der Waals surface area contributed by atoms with E-state index in [9.17, 15) is 4.79 Å². The number of carbonyl (C=O) groups is 1. The maximum Gasteiger partial charge on any atom is 0.185 e. The molecule has 126 valence electrons. The Kier molecular flexibility index (Phi) is 5.89. The van der Waals surface area contributed by atoms with Crippen molar-refractivity contribution in [1.82, 2.24) is 0 Å². The summed E-state index contributed by atoms with van der Waals surface area (Å²) in [6.07, 6.45) is 3.16. The summed E-state index contributed by atoms with van der Waals surface area (Å²) in [5.74, 6) is 2.00. The number of benzene rings is 2. The zero-order valence-corrected chi connectivity index (χ0v) is 16.3. The smallest absolute Gasteiger partial charge is 0.185 e. The van der Waals surface area contributed by atoms with Gasteiger partial charge in [-0.2, -0.15) is 0 Å². The predicted octanol–water partition coefficient (Wildman–Crippen LogP) is 6.28. The molecule has 0 saturated heterocycles. The molecule has 3 nitrogen and oxygen atoms in total. The quantitative estimate of drug-likeness (QED) is 0.320. The van der Waals surface area contributed by atoms with Crippen LogP contribution in [-0.4, -0.2) is 5.78 Å². The second-order valence-electron chi connectivity index (χ2n) is 5.25. The van der Waals surface area contributed by atoms with Gasteiger partial charge < -0.3 is 9.15 Å². The van der Waals surface area contributed by atoms with E-state index < -0.39 is 0 Å². The molecule has 1 aromatic heterocycles. The minimum Gasteiger partial charge on any atom is -0.486 e. The summed E-state index contributed by atoms with van der Waals surface area (Å²) in [5, 5.41) is 0. The lowest BCUT2D eigenvalue weighted by Crippen LogP contribution is -1.93. The van der Waals surface area contributed by atoms with Crippen molar-refractivity contribution in [3.8, 4) is 5.75 Å². The largest absolute Gasteiger partial charge is 0.486 e. The fourth-order valence-electron chi connectivity index (χ4n) is 2.12. The number of ketones is 1. The first kappa shape index (κ1) is 17.7. The first-order chi connectivity index (χ1) is 12.1. The zero-order valence-electron chi connectivity index (χ0n) is 13.1. The van der Waals surface area contributed by atoms with E-state index >= 15 is 0 Å². The molecule has 0 aliphatic heterocycles. The Morgan fingerprint density at radius 3 is 2.24 bits per heavy atom. The number of ether oxygens (including phenoxy) is 1. The lowest BCUT2D eigenvalue weighted by molar-refractivity contribution is 0.104. The molecule has 0 radical (unpaired) electrons. The molecule has 0 N–H and O–H groups in total. The standard InChI is InChI=1S/C20H14Br2O3/c21-15-3-1-14(2-4-15)20(23)12-11-18-9-10-19(25-18)13-24-17-7-5-16(22)6-8-17/h1-12H,13H2/b12-11+. The molecule has 0 fully saturated rings. The van der Waals surface area contributed by atoms with E-state index in [1.54, 1.807) is 18.2 Å². The first-order valence-corrected chi connectivity index (χ1v) is 9.14. The summed E-state index contributed by atoms with van der Waals surface area (Å²) in [6, 6.07) is 18.5. The Hall–Kier alpha value is -2.11. The van der Waals surface area contributed by atoms with E-state index in [0.29, 0.717) is 23.7 Å². The number of hydrogen-bond acceptors (Lipinski definition) is 3. The lowest BCUT2D eigenvalue weighted by atomic mass is 10.1. The van der Waals surface area contributed by atoms with E-state index in [1.165, 1.54) is 6.08 Å².